The molecule has 0 aromatic heterocycles. The van der Waals surface area contributed by atoms with Gasteiger partial charge in [0.2, 0.25) is 10.5 Å². The maximum absolute atomic E-state index is 6.41. The van der Waals surface area contributed by atoms with Crippen LogP contribution in [0, 0.1) is 0 Å². The molecule has 0 amide bonds. The van der Waals surface area contributed by atoms with Crippen molar-refractivity contribution in [1.29, 1.82) is 0 Å². The summed E-state index contributed by atoms with van der Waals surface area (Å²) in [7, 11) is -22.7. The van der Waals surface area contributed by atoms with Gasteiger partial charge in [-0.2, -0.15) is 0 Å². The van der Waals surface area contributed by atoms with Crippen molar-refractivity contribution in [3.8, 4) is 0 Å². The van der Waals surface area contributed by atoms with Gasteiger partial charge in [0.1, 0.15) is 0 Å². The molecule has 4 fully saturated rings. The number of fused-ring (bicyclic) bond motifs is 4. The zero-order valence-electron chi connectivity index (χ0n) is 17.4. The van der Waals surface area contributed by atoms with Gasteiger partial charge in [-0.3, -0.25) is 0 Å². The van der Waals surface area contributed by atoms with Gasteiger partial charge in [-0.05, 0) is 6.55 Å². The highest BCUT2D eigenvalue weighted by molar-refractivity contribution is 6.99. The van der Waals surface area contributed by atoms with Gasteiger partial charge in [-0.15, -0.1) is 0 Å². The highest BCUT2D eigenvalue weighted by Gasteiger charge is 2.73. The molecule has 21 heteroatoms. The molecule has 0 aliphatic carbocycles. The number of hydrogen-bond donors (Lipinski definition) is 0. The largest absolute Gasteiger partial charge is 0.475 e. The van der Waals surface area contributed by atoms with Crippen molar-refractivity contribution in [2.24, 2.45) is 0 Å². The third kappa shape index (κ3) is 4.74. The van der Waals surface area contributed by atoms with Gasteiger partial charge < -0.3 is 49.4 Å². The highest BCUT2D eigenvalue weighted by Crippen LogP contribution is 2.43. The molecule has 0 saturated carbocycles. The van der Waals surface area contributed by atoms with Crippen LogP contribution >= 0.6 is 0 Å². The summed E-state index contributed by atoms with van der Waals surface area (Å²) in [6.07, 6.45) is 0. The van der Waals surface area contributed by atoms with Gasteiger partial charge in [0.25, 0.3) is 0 Å². The maximum Gasteiger partial charge on any atom is 0.475 e. The SMILES string of the molecule is C[Si]1O[Si]2(C)O[Si]3(C)O[Si](C)(O[Si])O[Si]4(C)O[Si](C)(O1)O[Si](C)(O2)O[Si](C)(O3)O4. The van der Waals surface area contributed by atoms with Crippen LogP contribution in [0.25, 0.3) is 0 Å². The summed E-state index contributed by atoms with van der Waals surface area (Å²) in [5.41, 5.74) is 0. The molecule has 0 aromatic rings. The van der Waals surface area contributed by atoms with Gasteiger partial charge in [0.05, 0.1) is 0 Å². The molecule has 4 rings (SSSR count). The lowest BCUT2D eigenvalue weighted by Crippen LogP contribution is -2.81. The lowest BCUT2D eigenvalue weighted by molar-refractivity contribution is 0.0154. The Morgan fingerprint density at radius 2 is 0.793 bits per heavy atom. The molecular weight excluding hydrogens is 541 g/mol. The fourth-order valence-corrected chi connectivity index (χ4v) is 44.4. The summed E-state index contributed by atoms with van der Waals surface area (Å²) < 4.78 is 75.3. The Kier molecular flexibility index (Phi) is 5.69. The summed E-state index contributed by atoms with van der Waals surface area (Å²) >= 11 is 0. The fraction of sp³-hybridized carbons (Fsp3) is 1.00. The molecule has 0 N–H and O–H groups in total. The monoisotopic (exact) mass is 564 g/mol. The van der Waals surface area contributed by atoms with E-state index in [9.17, 15) is 0 Å². The first-order chi connectivity index (χ1) is 13.0. The van der Waals surface area contributed by atoms with E-state index in [1.54, 1.807) is 45.8 Å². The quantitative estimate of drug-likeness (QED) is 0.412. The predicted molar refractivity (Wildman–Crippen MR) is 112 cm³/mol. The molecule has 4 aliphatic rings. The molecule has 164 valence electrons. The third-order valence-electron chi connectivity index (χ3n) is 4.18. The minimum Gasteiger partial charge on any atom is -0.416 e. The summed E-state index contributed by atoms with van der Waals surface area (Å²) in [5, 5.41) is 0. The van der Waals surface area contributed by atoms with Gasteiger partial charge in [-0.1, -0.05) is 0 Å². The molecule has 4 atom stereocenters. The van der Waals surface area contributed by atoms with E-state index in [4.69, 9.17) is 49.4 Å². The van der Waals surface area contributed by atoms with E-state index < -0.39 is 70.9 Å². The van der Waals surface area contributed by atoms with Crippen LogP contribution in [0.1, 0.15) is 0 Å². The predicted octanol–water partition coefficient (Wildman–Crippen LogP) is 0.422. The molecule has 4 heterocycles. The number of rotatable bonds is 1. The molecular formula is C8H24O12Si9. The van der Waals surface area contributed by atoms with Crippen molar-refractivity contribution in [3.63, 3.8) is 0 Å². The van der Waals surface area contributed by atoms with Crippen molar-refractivity contribution < 1.29 is 49.4 Å². The van der Waals surface area contributed by atoms with Crippen LogP contribution in [0.2, 0.25) is 52.4 Å². The first kappa shape index (κ1) is 23.6. The Hall–Kier alpha value is 1.47. The molecule has 4 radical (unpaired) electrons. The molecule has 12 nitrogen and oxygen atoms in total. The van der Waals surface area contributed by atoms with Crippen LogP contribution in [0.4, 0.5) is 0 Å². The summed E-state index contributed by atoms with van der Waals surface area (Å²) in [5.74, 6) is 0. The van der Waals surface area contributed by atoms with Crippen LogP contribution in [0.15, 0.2) is 0 Å². The van der Waals surface area contributed by atoms with E-state index in [0.29, 0.717) is 0 Å². The molecule has 4 saturated heterocycles. The first-order valence-electron chi connectivity index (χ1n) is 8.90. The van der Waals surface area contributed by atoms with Gasteiger partial charge in [0, 0.05) is 45.8 Å². The zero-order valence-corrected chi connectivity index (χ0v) is 26.4. The summed E-state index contributed by atoms with van der Waals surface area (Å²) in [4.78, 5) is 0. The van der Waals surface area contributed by atoms with Crippen LogP contribution < -0.4 is 0 Å². The van der Waals surface area contributed by atoms with Crippen LogP contribution in [-0.4, -0.2) is 81.4 Å². The van der Waals surface area contributed by atoms with E-state index in [1.807, 2.05) is 6.55 Å². The molecule has 29 heavy (non-hydrogen) atoms. The third-order valence-corrected chi connectivity index (χ3v) is 37.6. The fourth-order valence-electron chi connectivity index (χ4n) is 4.01. The minimum absolute atomic E-state index is 1.69. The number of hydrogen-bond acceptors (Lipinski definition) is 12. The highest BCUT2D eigenvalue weighted by atomic mass is 28.6. The van der Waals surface area contributed by atoms with Crippen molar-refractivity contribution in [1.82, 2.24) is 0 Å². The van der Waals surface area contributed by atoms with E-state index >= 15 is 0 Å². The molecule has 4 aliphatic heterocycles. The first-order valence-corrected chi connectivity index (χ1v) is 26.7. The molecule has 6 bridgehead atoms. The van der Waals surface area contributed by atoms with E-state index in [0.717, 1.165) is 0 Å². The van der Waals surface area contributed by atoms with E-state index in [1.165, 1.54) is 0 Å². The normalized spacial score (nSPS) is 58.7. The second-order valence-corrected chi connectivity index (χ2v) is 30.6. The summed E-state index contributed by atoms with van der Waals surface area (Å²) in [6.45, 7) is 13.9. The molecule has 0 aromatic carbocycles. The van der Waals surface area contributed by atoms with Crippen molar-refractivity contribution in [2.45, 2.75) is 52.4 Å². The second kappa shape index (κ2) is 6.99. The minimum atomic E-state index is -3.49. The topological polar surface area (TPSA) is 111 Å². The van der Waals surface area contributed by atoms with Gasteiger partial charge in [-0.25, -0.2) is 0 Å². The standard InChI is InChI=1S/C8H24O12Si9/c1-22-10-24(3)14-26(5)12-23(2,9-21)13-27(6)15-25(4,11-22)17-28(7,16-24)20-29(8,18-26)19-27/h1-8H3. The lowest BCUT2D eigenvalue weighted by atomic mass is 11.9. The Labute approximate surface area is 182 Å². The van der Waals surface area contributed by atoms with Crippen molar-refractivity contribution in [2.75, 3.05) is 0 Å². The summed E-state index contributed by atoms with van der Waals surface area (Å²) in [6, 6.07) is 0. The van der Waals surface area contributed by atoms with Crippen molar-refractivity contribution in [3.05, 3.63) is 0 Å². The van der Waals surface area contributed by atoms with Gasteiger partial charge >= 0.3 is 70.9 Å². The van der Waals surface area contributed by atoms with E-state index in [-0.39, 0.29) is 0 Å². The van der Waals surface area contributed by atoms with Crippen LogP contribution in [-0.2, 0) is 49.4 Å². The average Bonchev–Trinajstić information content (AvgIpc) is 2.36. The van der Waals surface area contributed by atoms with Crippen LogP contribution in [0.5, 0.6) is 0 Å². The van der Waals surface area contributed by atoms with E-state index in [2.05, 4.69) is 10.5 Å². The van der Waals surface area contributed by atoms with Gasteiger partial charge in [0.15, 0.2) is 0 Å². The Morgan fingerprint density at radius 3 is 1.10 bits per heavy atom. The Morgan fingerprint density at radius 1 is 0.517 bits per heavy atom. The van der Waals surface area contributed by atoms with Crippen molar-refractivity contribution >= 4 is 81.4 Å². The smallest absolute Gasteiger partial charge is 0.416 e. The lowest BCUT2D eigenvalue weighted by Gasteiger charge is -2.56. The molecule has 4 unspecified atom stereocenters. The Bertz CT molecular complexity index is 654. The second-order valence-electron chi connectivity index (χ2n) is 7.75. The molecule has 0 spiro atoms. The average molecular weight is 565 g/mol. The Balaban J connectivity index is 1.93. The van der Waals surface area contributed by atoms with Crippen LogP contribution in [0.3, 0.4) is 0 Å². The maximum atomic E-state index is 6.41. The zero-order chi connectivity index (χ0) is 21.6.